The average molecular weight is 374 g/mol. The summed E-state index contributed by atoms with van der Waals surface area (Å²) in [5.41, 5.74) is 0.801. The van der Waals surface area contributed by atoms with E-state index >= 15 is 0 Å². The van der Waals surface area contributed by atoms with Crippen molar-refractivity contribution in [3.63, 3.8) is 0 Å². The van der Waals surface area contributed by atoms with Crippen molar-refractivity contribution in [3.05, 3.63) is 18.6 Å². The average Bonchev–Trinajstić information content (AvgIpc) is 3.01. The van der Waals surface area contributed by atoms with Crippen LogP contribution in [0.3, 0.4) is 0 Å². The predicted octanol–water partition coefficient (Wildman–Crippen LogP) is 1.54. The van der Waals surface area contributed by atoms with Gasteiger partial charge in [-0.1, -0.05) is 0 Å². The Morgan fingerprint density at radius 2 is 2.12 bits per heavy atom. The first kappa shape index (κ1) is 17.2. The minimum atomic E-state index is -3.28. The van der Waals surface area contributed by atoms with Crippen molar-refractivity contribution in [1.82, 2.24) is 19.7 Å². The summed E-state index contributed by atoms with van der Waals surface area (Å²) < 4.78 is 27.7. The number of hydrogen-bond acceptors (Lipinski definition) is 6. The van der Waals surface area contributed by atoms with E-state index in [0.29, 0.717) is 19.3 Å². The van der Waals surface area contributed by atoms with E-state index in [1.807, 2.05) is 19.3 Å². The van der Waals surface area contributed by atoms with Crippen LogP contribution in [0.2, 0.25) is 0 Å². The van der Waals surface area contributed by atoms with Crippen LogP contribution in [0, 0.1) is 17.2 Å². The summed E-state index contributed by atoms with van der Waals surface area (Å²) in [6.45, 7) is 0. The number of nitriles is 1. The molecular weight excluding hydrogens is 352 g/mol. The Morgan fingerprint density at radius 1 is 1.35 bits per heavy atom. The summed E-state index contributed by atoms with van der Waals surface area (Å²) in [4.78, 5) is 13.8. The van der Waals surface area contributed by atoms with E-state index in [1.165, 1.54) is 6.33 Å². The molecule has 2 aromatic rings. The van der Waals surface area contributed by atoms with Gasteiger partial charge in [-0.25, -0.2) is 23.1 Å². The van der Waals surface area contributed by atoms with Crippen LogP contribution in [0.5, 0.6) is 0 Å². The topological polar surface area (TPSA) is 115 Å². The molecule has 0 spiro atoms. The van der Waals surface area contributed by atoms with E-state index < -0.39 is 10.0 Å². The number of fused-ring (bicyclic) bond motifs is 1. The fourth-order valence-corrected chi connectivity index (χ4v) is 5.77. The molecule has 2 saturated carbocycles. The molecule has 0 bridgehead atoms. The van der Waals surface area contributed by atoms with Gasteiger partial charge in [0, 0.05) is 31.7 Å². The highest BCUT2D eigenvalue weighted by atomic mass is 32.2. The van der Waals surface area contributed by atoms with Crippen LogP contribution >= 0.6 is 0 Å². The lowest BCUT2D eigenvalue weighted by Crippen LogP contribution is -2.55. The van der Waals surface area contributed by atoms with Gasteiger partial charge in [0.25, 0.3) is 0 Å². The van der Waals surface area contributed by atoms with E-state index in [2.05, 4.69) is 30.6 Å². The maximum Gasteiger partial charge on any atom is 0.214 e. The minimum Gasteiger partial charge on any atom is -0.356 e. The molecule has 26 heavy (non-hydrogen) atoms. The Labute approximate surface area is 152 Å². The third-order valence-electron chi connectivity index (χ3n) is 5.67. The van der Waals surface area contributed by atoms with Crippen LogP contribution in [0.15, 0.2) is 18.6 Å². The van der Waals surface area contributed by atoms with E-state index in [0.717, 1.165) is 29.7 Å². The van der Waals surface area contributed by atoms with Gasteiger partial charge in [-0.2, -0.15) is 5.26 Å². The Hall–Kier alpha value is -2.18. The zero-order chi connectivity index (χ0) is 18.3. The molecule has 0 aromatic carbocycles. The summed E-state index contributed by atoms with van der Waals surface area (Å²) in [6, 6.07) is 4.30. The number of rotatable bonds is 6. The Kier molecular flexibility index (Phi) is 4.32. The predicted molar refractivity (Wildman–Crippen MR) is 97.9 cm³/mol. The van der Waals surface area contributed by atoms with Crippen LogP contribution < -0.4 is 9.62 Å². The largest absolute Gasteiger partial charge is 0.356 e. The molecule has 2 fully saturated rings. The van der Waals surface area contributed by atoms with Gasteiger partial charge in [-0.15, -0.1) is 0 Å². The van der Waals surface area contributed by atoms with Gasteiger partial charge >= 0.3 is 0 Å². The fraction of sp³-hybridized carbons (Fsp3) is 0.588. The summed E-state index contributed by atoms with van der Waals surface area (Å²) in [5, 5.41) is 9.32. The summed E-state index contributed by atoms with van der Waals surface area (Å²) >= 11 is 0. The minimum absolute atomic E-state index is 0.0222. The highest BCUT2D eigenvalue weighted by molar-refractivity contribution is 7.90. The summed E-state index contributed by atoms with van der Waals surface area (Å²) in [5.74, 6) is 1.10. The fourth-order valence-electron chi connectivity index (χ4n) is 3.87. The highest BCUT2D eigenvalue weighted by Crippen LogP contribution is 2.36. The number of aromatic nitrogens is 3. The maximum absolute atomic E-state index is 12.4. The molecular formula is C17H22N6O2S. The molecule has 2 heterocycles. The summed E-state index contributed by atoms with van der Waals surface area (Å²) in [6.07, 6.45) is 6.57. The molecule has 2 aromatic heterocycles. The van der Waals surface area contributed by atoms with Crippen molar-refractivity contribution in [2.45, 2.75) is 49.4 Å². The molecule has 0 atom stereocenters. The lowest BCUT2D eigenvalue weighted by Gasteiger charge is -2.43. The van der Waals surface area contributed by atoms with Crippen LogP contribution in [0.4, 0.5) is 5.82 Å². The van der Waals surface area contributed by atoms with Gasteiger partial charge in [0.15, 0.2) is 0 Å². The second-order valence-corrected chi connectivity index (χ2v) is 9.35. The van der Waals surface area contributed by atoms with Gasteiger partial charge in [-0.05, 0) is 37.7 Å². The van der Waals surface area contributed by atoms with Crippen molar-refractivity contribution in [1.29, 1.82) is 5.26 Å². The second-order valence-electron chi connectivity index (χ2n) is 7.35. The molecule has 0 unspecified atom stereocenters. The molecule has 0 amide bonds. The van der Waals surface area contributed by atoms with Crippen LogP contribution in [0.1, 0.15) is 32.1 Å². The third kappa shape index (κ3) is 3.04. The first-order valence-electron chi connectivity index (χ1n) is 8.87. The normalized spacial score (nSPS) is 28.2. The van der Waals surface area contributed by atoms with Crippen molar-refractivity contribution in [2.24, 2.45) is 5.92 Å². The van der Waals surface area contributed by atoms with Crippen molar-refractivity contribution < 1.29 is 8.42 Å². The van der Waals surface area contributed by atoms with E-state index in [4.69, 9.17) is 5.26 Å². The molecule has 4 rings (SSSR count). The Balaban J connectivity index is 1.33. The summed E-state index contributed by atoms with van der Waals surface area (Å²) in [7, 11) is -1.29. The van der Waals surface area contributed by atoms with Crippen molar-refractivity contribution >= 4 is 26.9 Å². The second kappa shape index (κ2) is 6.52. The van der Waals surface area contributed by atoms with E-state index in [1.54, 1.807) is 0 Å². The lowest BCUT2D eigenvalue weighted by atomic mass is 9.83. The molecule has 9 heteroatoms. The molecule has 0 saturated heterocycles. The standard InChI is InChI=1S/C17H22N6O2S/c1-23(17-15-3-5-19-16(15)20-10-21-17)13-8-12(9-13)22-26(24,25)14-6-11(7-14)2-4-18/h3,5,10-14,22H,2,6-9H2,1H3,(H,19,20,21)/t11-,12-,13-,14+. The Bertz CT molecular complexity index is 938. The monoisotopic (exact) mass is 374 g/mol. The number of aromatic amines is 1. The maximum atomic E-state index is 12.4. The smallest absolute Gasteiger partial charge is 0.214 e. The first-order chi connectivity index (χ1) is 12.5. The van der Waals surface area contributed by atoms with Crippen molar-refractivity contribution in [3.8, 4) is 6.07 Å². The molecule has 8 nitrogen and oxygen atoms in total. The number of hydrogen-bond donors (Lipinski definition) is 2. The number of nitrogens with zero attached hydrogens (tertiary/aromatic N) is 4. The van der Waals surface area contributed by atoms with Crippen LogP contribution in [-0.2, 0) is 10.0 Å². The van der Waals surface area contributed by atoms with Gasteiger partial charge < -0.3 is 9.88 Å². The zero-order valence-corrected chi connectivity index (χ0v) is 15.4. The molecule has 2 N–H and O–H groups in total. The number of nitrogens with one attached hydrogen (secondary N) is 2. The van der Waals surface area contributed by atoms with Gasteiger partial charge in [0.1, 0.15) is 17.8 Å². The lowest BCUT2D eigenvalue weighted by molar-refractivity contribution is 0.296. The molecule has 0 radical (unpaired) electrons. The van der Waals surface area contributed by atoms with Crippen molar-refractivity contribution in [2.75, 3.05) is 11.9 Å². The SMILES string of the molecule is CN(c1ncnc2[nH]ccc12)[C@H]1C[C@H](NS(=O)(=O)[C@H]2C[C@@H](CC#N)C2)C1. The molecule has 0 aliphatic heterocycles. The number of sulfonamides is 1. The Morgan fingerprint density at radius 3 is 2.85 bits per heavy atom. The van der Waals surface area contributed by atoms with E-state index in [9.17, 15) is 8.42 Å². The number of H-pyrrole nitrogens is 1. The first-order valence-corrected chi connectivity index (χ1v) is 10.4. The van der Waals surface area contributed by atoms with Gasteiger partial charge in [-0.3, -0.25) is 0 Å². The molecule has 2 aliphatic rings. The zero-order valence-electron chi connectivity index (χ0n) is 14.6. The highest BCUT2D eigenvalue weighted by Gasteiger charge is 2.42. The molecule has 138 valence electrons. The molecule has 2 aliphatic carbocycles. The number of anilines is 1. The van der Waals surface area contributed by atoms with E-state index in [-0.39, 0.29) is 23.3 Å². The van der Waals surface area contributed by atoms with Gasteiger partial charge in [0.05, 0.1) is 16.7 Å². The van der Waals surface area contributed by atoms with Gasteiger partial charge in [0.2, 0.25) is 10.0 Å². The third-order valence-corrected chi connectivity index (χ3v) is 7.59. The van der Waals surface area contributed by atoms with Crippen LogP contribution in [-0.4, -0.2) is 47.8 Å². The quantitative estimate of drug-likeness (QED) is 0.792. The van der Waals surface area contributed by atoms with Crippen LogP contribution in [0.25, 0.3) is 11.0 Å².